The van der Waals surface area contributed by atoms with E-state index in [9.17, 15) is 4.79 Å². The van der Waals surface area contributed by atoms with Gasteiger partial charge in [-0.3, -0.25) is 9.48 Å². The zero-order valence-corrected chi connectivity index (χ0v) is 22.9. The van der Waals surface area contributed by atoms with Crippen LogP contribution in [0.25, 0.3) is 22.2 Å². The number of fused-ring (bicyclic) bond motifs is 1. The molecule has 190 valence electrons. The molecular weight excluding hydrogens is 542 g/mol. The number of hydrazone groups is 1. The molecule has 0 saturated heterocycles. The summed E-state index contributed by atoms with van der Waals surface area (Å²) in [6.45, 7) is 4.52. The highest BCUT2D eigenvalue weighted by molar-refractivity contribution is 9.10. The second kappa shape index (κ2) is 11.0. The number of carbonyl (C=O) groups is 1. The lowest BCUT2D eigenvalue weighted by Gasteiger charge is -2.11. The van der Waals surface area contributed by atoms with E-state index in [2.05, 4.69) is 31.6 Å². The number of amides is 1. The smallest absolute Gasteiger partial charge is 0.272 e. The fourth-order valence-electron chi connectivity index (χ4n) is 4.34. The molecule has 0 saturated carbocycles. The van der Waals surface area contributed by atoms with Crippen molar-refractivity contribution in [3.63, 3.8) is 0 Å². The lowest BCUT2D eigenvalue weighted by Crippen LogP contribution is -2.18. The monoisotopic (exact) mass is 567 g/mol. The first kappa shape index (κ1) is 25.4. The van der Waals surface area contributed by atoms with Gasteiger partial charge in [-0.05, 0) is 65.7 Å². The molecule has 5 rings (SSSR count). The lowest BCUT2D eigenvalue weighted by atomic mass is 10.0. The van der Waals surface area contributed by atoms with Gasteiger partial charge in [0.1, 0.15) is 5.75 Å². The van der Waals surface area contributed by atoms with Crippen molar-refractivity contribution in [2.45, 2.75) is 20.4 Å². The number of pyridine rings is 1. The molecule has 0 spiro atoms. The lowest BCUT2D eigenvalue weighted by molar-refractivity contribution is 0.0956. The average Bonchev–Trinajstić information content (AvgIpc) is 3.19. The van der Waals surface area contributed by atoms with Crippen LogP contribution in [-0.4, -0.2) is 34.0 Å². The van der Waals surface area contributed by atoms with Crippen LogP contribution in [0.15, 0.2) is 88.4 Å². The molecule has 2 heterocycles. The van der Waals surface area contributed by atoms with Crippen molar-refractivity contribution in [2.24, 2.45) is 5.10 Å². The molecule has 5 aromatic rings. The predicted molar refractivity (Wildman–Crippen MR) is 154 cm³/mol. The minimum absolute atomic E-state index is 0.307. The van der Waals surface area contributed by atoms with Crippen LogP contribution in [0.3, 0.4) is 0 Å². The van der Waals surface area contributed by atoms with Gasteiger partial charge < -0.3 is 4.74 Å². The number of aryl methyl sites for hydroxylation is 1. The van der Waals surface area contributed by atoms with Gasteiger partial charge in [-0.2, -0.15) is 10.2 Å². The molecule has 38 heavy (non-hydrogen) atoms. The van der Waals surface area contributed by atoms with Gasteiger partial charge in [-0.15, -0.1) is 0 Å². The highest BCUT2D eigenvalue weighted by atomic mass is 79.9. The summed E-state index contributed by atoms with van der Waals surface area (Å²) < 4.78 is 8.49. The number of nitrogens with one attached hydrogen (secondary N) is 1. The molecule has 0 bridgehead atoms. The van der Waals surface area contributed by atoms with Crippen molar-refractivity contribution in [3.05, 3.63) is 111 Å². The molecule has 0 radical (unpaired) electrons. The molecule has 0 atom stereocenters. The molecule has 0 aliphatic rings. The van der Waals surface area contributed by atoms with E-state index in [1.54, 1.807) is 19.4 Å². The van der Waals surface area contributed by atoms with Crippen LogP contribution in [-0.2, 0) is 6.54 Å². The SMILES string of the molecule is COc1ccc(/C=N\NC(=O)c2cc(-c3ccccc3)nc3ccccc23)cc1Cn1nc(C)c(Br)c1C. The van der Waals surface area contributed by atoms with E-state index in [4.69, 9.17) is 9.72 Å². The molecule has 1 N–H and O–H groups in total. The van der Waals surface area contributed by atoms with Gasteiger partial charge in [0, 0.05) is 16.5 Å². The van der Waals surface area contributed by atoms with Gasteiger partial charge >= 0.3 is 0 Å². The first-order chi connectivity index (χ1) is 18.4. The Morgan fingerprint density at radius 2 is 1.82 bits per heavy atom. The van der Waals surface area contributed by atoms with Gasteiger partial charge in [0.25, 0.3) is 5.91 Å². The zero-order chi connectivity index (χ0) is 26.6. The maximum Gasteiger partial charge on any atom is 0.272 e. The number of carbonyl (C=O) groups excluding carboxylic acids is 1. The van der Waals surface area contributed by atoms with Crippen molar-refractivity contribution in [1.29, 1.82) is 0 Å². The number of hydrogen-bond acceptors (Lipinski definition) is 5. The van der Waals surface area contributed by atoms with E-state index in [-0.39, 0.29) is 5.91 Å². The van der Waals surface area contributed by atoms with Gasteiger partial charge in [0.05, 0.1) is 52.5 Å². The Morgan fingerprint density at radius 3 is 2.55 bits per heavy atom. The quantitative estimate of drug-likeness (QED) is 0.185. The number of para-hydroxylation sites is 1. The third kappa shape index (κ3) is 5.21. The average molecular weight is 568 g/mol. The Morgan fingerprint density at radius 1 is 1.05 bits per heavy atom. The molecule has 0 unspecified atom stereocenters. The third-order valence-electron chi connectivity index (χ3n) is 6.33. The minimum atomic E-state index is -0.307. The van der Waals surface area contributed by atoms with Gasteiger partial charge in [0.15, 0.2) is 0 Å². The summed E-state index contributed by atoms with van der Waals surface area (Å²) in [7, 11) is 1.65. The minimum Gasteiger partial charge on any atom is -0.496 e. The zero-order valence-electron chi connectivity index (χ0n) is 21.3. The summed E-state index contributed by atoms with van der Waals surface area (Å²) in [6, 6.07) is 25.0. The van der Waals surface area contributed by atoms with Gasteiger partial charge in [-0.25, -0.2) is 10.4 Å². The van der Waals surface area contributed by atoms with Crippen LogP contribution in [0.5, 0.6) is 5.75 Å². The molecule has 0 aliphatic carbocycles. The van der Waals surface area contributed by atoms with Crippen LogP contribution in [0.1, 0.15) is 32.9 Å². The number of benzene rings is 3. The second-order valence-electron chi connectivity index (χ2n) is 8.85. The first-order valence-corrected chi connectivity index (χ1v) is 12.9. The number of halogens is 1. The third-order valence-corrected chi connectivity index (χ3v) is 7.48. The summed E-state index contributed by atoms with van der Waals surface area (Å²) in [5.74, 6) is 0.449. The number of methoxy groups -OCH3 is 1. The largest absolute Gasteiger partial charge is 0.496 e. The van der Waals surface area contributed by atoms with Crippen molar-refractivity contribution in [1.82, 2.24) is 20.2 Å². The van der Waals surface area contributed by atoms with Crippen molar-refractivity contribution < 1.29 is 9.53 Å². The molecule has 7 nitrogen and oxygen atoms in total. The first-order valence-electron chi connectivity index (χ1n) is 12.1. The normalized spacial score (nSPS) is 11.3. The molecular formula is C30H26BrN5O2. The van der Waals surface area contributed by atoms with Crippen molar-refractivity contribution >= 4 is 39.0 Å². The van der Waals surface area contributed by atoms with Crippen LogP contribution < -0.4 is 10.2 Å². The summed E-state index contributed by atoms with van der Waals surface area (Å²) in [4.78, 5) is 18.0. The van der Waals surface area contributed by atoms with Crippen molar-refractivity contribution in [2.75, 3.05) is 7.11 Å². The highest BCUT2D eigenvalue weighted by Gasteiger charge is 2.14. The van der Waals surface area contributed by atoms with E-state index in [1.807, 2.05) is 91.3 Å². The molecule has 0 fully saturated rings. The Labute approximate surface area is 229 Å². The Hall–Kier alpha value is -4.30. The maximum absolute atomic E-state index is 13.2. The van der Waals surface area contributed by atoms with E-state index < -0.39 is 0 Å². The Balaban J connectivity index is 1.39. The van der Waals surface area contributed by atoms with E-state index in [0.717, 1.165) is 54.9 Å². The Kier molecular flexibility index (Phi) is 7.33. The van der Waals surface area contributed by atoms with E-state index in [1.165, 1.54) is 0 Å². The van der Waals surface area contributed by atoms with Crippen LogP contribution in [0.4, 0.5) is 0 Å². The molecule has 1 amide bonds. The van der Waals surface area contributed by atoms with Crippen LogP contribution in [0.2, 0.25) is 0 Å². The number of nitrogens with zero attached hydrogens (tertiary/aromatic N) is 4. The van der Waals surface area contributed by atoms with E-state index >= 15 is 0 Å². The maximum atomic E-state index is 13.2. The second-order valence-corrected chi connectivity index (χ2v) is 9.64. The Bertz CT molecular complexity index is 1660. The standard InChI is InChI=1S/C30H26BrN5O2/c1-19-29(31)20(2)36(35-19)18-23-15-21(13-14-28(23)38-3)17-32-34-30(37)25-16-27(22-9-5-4-6-10-22)33-26-12-8-7-11-24(25)26/h4-17H,18H2,1-3H3,(H,34,37)/b32-17-. The summed E-state index contributed by atoms with van der Waals surface area (Å²) in [5.41, 5.74) is 9.36. The van der Waals surface area contributed by atoms with Gasteiger partial charge in [-0.1, -0.05) is 48.5 Å². The number of rotatable bonds is 7. The number of hydrogen-bond donors (Lipinski definition) is 1. The topological polar surface area (TPSA) is 81.4 Å². The fraction of sp³-hybridized carbons (Fsp3) is 0.133. The van der Waals surface area contributed by atoms with E-state index in [0.29, 0.717) is 12.1 Å². The fourth-order valence-corrected chi connectivity index (χ4v) is 4.62. The molecule has 2 aromatic heterocycles. The highest BCUT2D eigenvalue weighted by Crippen LogP contribution is 2.26. The molecule has 3 aromatic carbocycles. The summed E-state index contributed by atoms with van der Waals surface area (Å²) in [6.07, 6.45) is 1.62. The molecule has 8 heteroatoms. The molecule has 0 aliphatic heterocycles. The number of aromatic nitrogens is 3. The van der Waals surface area contributed by atoms with Crippen LogP contribution in [0, 0.1) is 13.8 Å². The predicted octanol–water partition coefficient (Wildman–Crippen LogP) is 6.30. The summed E-state index contributed by atoms with van der Waals surface area (Å²) >= 11 is 3.58. The number of ether oxygens (including phenoxy) is 1. The van der Waals surface area contributed by atoms with Crippen molar-refractivity contribution in [3.8, 4) is 17.0 Å². The van der Waals surface area contributed by atoms with Crippen LogP contribution >= 0.6 is 15.9 Å². The van der Waals surface area contributed by atoms with Gasteiger partial charge in [0.2, 0.25) is 0 Å². The summed E-state index contributed by atoms with van der Waals surface area (Å²) in [5, 5.41) is 9.62.